The second-order valence-electron chi connectivity index (χ2n) is 5.08. The van der Waals surface area contributed by atoms with E-state index in [1.54, 1.807) is 0 Å². The van der Waals surface area contributed by atoms with E-state index in [0.717, 1.165) is 25.1 Å². The highest BCUT2D eigenvalue weighted by Crippen LogP contribution is 2.23. The number of benzene rings is 1. The van der Waals surface area contributed by atoms with Gasteiger partial charge in [0, 0.05) is 18.2 Å². The van der Waals surface area contributed by atoms with Gasteiger partial charge in [-0.2, -0.15) is 0 Å². The van der Waals surface area contributed by atoms with Gasteiger partial charge in [0.1, 0.15) is 11.6 Å². The van der Waals surface area contributed by atoms with Crippen molar-refractivity contribution in [1.29, 1.82) is 0 Å². The third-order valence-electron chi connectivity index (χ3n) is 3.13. The zero-order valence-electron chi connectivity index (χ0n) is 11.3. The summed E-state index contributed by atoms with van der Waals surface area (Å²) in [5.74, 6) is -0.256. The number of rotatable bonds is 6. The monoisotopic (exact) mass is 256 g/mol. The van der Waals surface area contributed by atoms with Crippen LogP contribution in [0, 0.1) is 17.6 Å². The number of likely N-dealkylation sites (N-methyl/N-ethyl adjacent to an activating group) is 1. The van der Waals surface area contributed by atoms with Crippen LogP contribution in [0.5, 0.6) is 0 Å². The molecule has 0 fully saturated rings. The fourth-order valence-electron chi connectivity index (χ4n) is 1.93. The summed E-state index contributed by atoms with van der Waals surface area (Å²) in [5.41, 5.74) is 6.04. The summed E-state index contributed by atoms with van der Waals surface area (Å²) in [4.78, 5) is 1.98. The first-order chi connectivity index (χ1) is 8.45. The van der Waals surface area contributed by atoms with Gasteiger partial charge in [-0.05, 0) is 44.1 Å². The van der Waals surface area contributed by atoms with E-state index in [1.807, 2.05) is 11.9 Å². The molecule has 0 spiro atoms. The third kappa shape index (κ3) is 4.03. The average molecular weight is 256 g/mol. The van der Waals surface area contributed by atoms with E-state index < -0.39 is 11.6 Å². The fraction of sp³-hybridized carbons (Fsp3) is 0.571. The van der Waals surface area contributed by atoms with Gasteiger partial charge in [-0.15, -0.1) is 0 Å². The van der Waals surface area contributed by atoms with Gasteiger partial charge in [0.15, 0.2) is 0 Å². The van der Waals surface area contributed by atoms with Crippen LogP contribution in [-0.4, -0.2) is 25.0 Å². The molecule has 2 nitrogen and oxygen atoms in total. The maximum absolute atomic E-state index is 13.7. The Morgan fingerprint density at radius 2 is 1.94 bits per heavy atom. The largest absolute Gasteiger partial charge is 0.329 e. The highest BCUT2D eigenvalue weighted by atomic mass is 19.1. The molecule has 18 heavy (non-hydrogen) atoms. The molecule has 0 aliphatic rings. The summed E-state index contributed by atoms with van der Waals surface area (Å²) in [7, 11) is 1.89. The van der Waals surface area contributed by atoms with Crippen molar-refractivity contribution in [3.63, 3.8) is 0 Å². The first-order valence-corrected chi connectivity index (χ1v) is 6.31. The van der Waals surface area contributed by atoms with Gasteiger partial charge in [-0.3, -0.25) is 4.90 Å². The van der Waals surface area contributed by atoms with Gasteiger partial charge in [-0.1, -0.05) is 13.8 Å². The molecule has 1 aromatic carbocycles. The lowest BCUT2D eigenvalue weighted by Crippen LogP contribution is -2.32. The lowest BCUT2D eigenvalue weighted by Gasteiger charge is -2.28. The molecule has 102 valence electrons. The van der Waals surface area contributed by atoms with Crippen molar-refractivity contribution in [3.05, 3.63) is 35.4 Å². The first kappa shape index (κ1) is 15.1. The highest BCUT2D eigenvalue weighted by Gasteiger charge is 2.19. The maximum Gasteiger partial charge on any atom is 0.128 e. The molecule has 0 aliphatic heterocycles. The van der Waals surface area contributed by atoms with Gasteiger partial charge in [0.2, 0.25) is 0 Å². The number of nitrogens with two attached hydrogens (primary N) is 1. The lowest BCUT2D eigenvalue weighted by atomic mass is 10.0. The molecule has 1 aromatic rings. The molecule has 0 amide bonds. The van der Waals surface area contributed by atoms with Crippen LogP contribution in [0.25, 0.3) is 0 Å². The topological polar surface area (TPSA) is 29.3 Å². The average Bonchev–Trinajstić information content (AvgIpc) is 2.32. The SMILES string of the molecule is CC(C)CCN(C)C(CN)c1cc(F)ccc1F. The van der Waals surface area contributed by atoms with Crippen molar-refractivity contribution in [3.8, 4) is 0 Å². The Labute approximate surface area is 108 Å². The number of hydrogen-bond acceptors (Lipinski definition) is 2. The Morgan fingerprint density at radius 1 is 1.28 bits per heavy atom. The molecule has 0 saturated heterocycles. The summed E-state index contributed by atoms with van der Waals surface area (Å²) in [5, 5.41) is 0. The van der Waals surface area contributed by atoms with Crippen LogP contribution < -0.4 is 5.73 Å². The normalized spacial score (nSPS) is 13.3. The quantitative estimate of drug-likeness (QED) is 0.848. The van der Waals surface area contributed by atoms with Crippen molar-refractivity contribution in [2.24, 2.45) is 11.7 Å². The van der Waals surface area contributed by atoms with Crippen LogP contribution in [0.3, 0.4) is 0 Å². The fourth-order valence-corrected chi connectivity index (χ4v) is 1.93. The van der Waals surface area contributed by atoms with Gasteiger partial charge in [0.05, 0.1) is 0 Å². The highest BCUT2D eigenvalue weighted by molar-refractivity contribution is 5.22. The predicted molar refractivity (Wildman–Crippen MR) is 70.2 cm³/mol. The van der Waals surface area contributed by atoms with Crippen molar-refractivity contribution >= 4 is 0 Å². The van der Waals surface area contributed by atoms with Crippen molar-refractivity contribution < 1.29 is 8.78 Å². The van der Waals surface area contributed by atoms with Crippen molar-refractivity contribution in [2.45, 2.75) is 26.3 Å². The smallest absolute Gasteiger partial charge is 0.128 e. The first-order valence-electron chi connectivity index (χ1n) is 6.31. The van der Waals surface area contributed by atoms with E-state index in [1.165, 1.54) is 6.07 Å². The Balaban J connectivity index is 2.84. The van der Waals surface area contributed by atoms with Gasteiger partial charge in [-0.25, -0.2) is 8.78 Å². The molecular formula is C14H22F2N2. The van der Waals surface area contributed by atoms with Crippen molar-refractivity contribution in [1.82, 2.24) is 4.90 Å². The molecule has 0 saturated carbocycles. The molecule has 0 heterocycles. The number of hydrogen-bond donors (Lipinski definition) is 1. The summed E-state index contributed by atoms with van der Waals surface area (Å²) in [6.45, 7) is 5.35. The van der Waals surface area contributed by atoms with Crippen LogP contribution in [0.15, 0.2) is 18.2 Å². The minimum absolute atomic E-state index is 0.273. The standard InChI is InChI=1S/C14H22F2N2/c1-10(2)6-7-18(3)14(9-17)12-8-11(15)4-5-13(12)16/h4-5,8,10,14H,6-7,9,17H2,1-3H3. The Hall–Kier alpha value is -1.00. The number of halogens is 2. The Bertz CT molecular complexity index is 380. The second-order valence-corrected chi connectivity index (χ2v) is 5.08. The number of nitrogens with zero attached hydrogens (tertiary/aromatic N) is 1. The summed E-state index contributed by atoms with van der Waals surface area (Å²) in [6, 6.07) is 3.24. The van der Waals surface area contributed by atoms with E-state index >= 15 is 0 Å². The molecule has 1 atom stereocenters. The molecule has 1 unspecified atom stereocenters. The Kier molecular flexibility index (Phi) is 5.69. The molecule has 0 bridgehead atoms. The van der Waals surface area contributed by atoms with Crippen LogP contribution in [0.1, 0.15) is 31.9 Å². The minimum Gasteiger partial charge on any atom is -0.329 e. The van der Waals surface area contributed by atoms with Crippen LogP contribution in [0.2, 0.25) is 0 Å². The molecule has 0 aliphatic carbocycles. The molecule has 1 rings (SSSR count). The zero-order valence-corrected chi connectivity index (χ0v) is 11.3. The van der Waals surface area contributed by atoms with E-state index in [4.69, 9.17) is 5.73 Å². The van der Waals surface area contributed by atoms with Crippen LogP contribution >= 0.6 is 0 Å². The van der Waals surface area contributed by atoms with E-state index in [-0.39, 0.29) is 12.6 Å². The van der Waals surface area contributed by atoms with Gasteiger partial charge in [0.25, 0.3) is 0 Å². The van der Waals surface area contributed by atoms with Crippen LogP contribution in [0.4, 0.5) is 8.78 Å². The van der Waals surface area contributed by atoms with E-state index in [2.05, 4.69) is 13.8 Å². The van der Waals surface area contributed by atoms with Gasteiger partial charge < -0.3 is 5.73 Å². The van der Waals surface area contributed by atoms with Crippen molar-refractivity contribution in [2.75, 3.05) is 20.1 Å². The molecule has 2 N–H and O–H groups in total. The summed E-state index contributed by atoms with van der Waals surface area (Å²) in [6.07, 6.45) is 1.00. The molecule has 0 radical (unpaired) electrons. The maximum atomic E-state index is 13.7. The molecular weight excluding hydrogens is 234 g/mol. The van der Waals surface area contributed by atoms with Gasteiger partial charge >= 0.3 is 0 Å². The third-order valence-corrected chi connectivity index (χ3v) is 3.13. The zero-order chi connectivity index (χ0) is 13.7. The second kappa shape index (κ2) is 6.81. The van der Waals surface area contributed by atoms with E-state index in [9.17, 15) is 8.78 Å². The molecule has 0 aromatic heterocycles. The Morgan fingerprint density at radius 3 is 2.50 bits per heavy atom. The van der Waals surface area contributed by atoms with Crippen LogP contribution in [-0.2, 0) is 0 Å². The summed E-state index contributed by atoms with van der Waals surface area (Å²) >= 11 is 0. The lowest BCUT2D eigenvalue weighted by molar-refractivity contribution is 0.231. The predicted octanol–water partition coefficient (Wildman–Crippen LogP) is 2.94. The molecule has 4 heteroatoms. The minimum atomic E-state index is -0.429. The summed E-state index contributed by atoms with van der Waals surface area (Å²) < 4.78 is 26.9. The van der Waals surface area contributed by atoms with E-state index in [0.29, 0.717) is 11.5 Å².